The van der Waals surface area contributed by atoms with Crippen LogP contribution in [0, 0.1) is 5.82 Å². The monoisotopic (exact) mass is 270 g/mol. The lowest BCUT2D eigenvalue weighted by Crippen LogP contribution is -2.13. The van der Waals surface area contributed by atoms with Crippen LogP contribution < -0.4 is 0 Å². The van der Waals surface area contributed by atoms with Gasteiger partial charge in [0.15, 0.2) is 0 Å². The van der Waals surface area contributed by atoms with Crippen molar-refractivity contribution < 1.29 is 17.6 Å². The number of nitrogens with zero attached hydrogens (tertiary/aromatic N) is 2. The molecule has 1 heterocycles. The van der Waals surface area contributed by atoms with Crippen molar-refractivity contribution in [2.24, 2.45) is 0 Å². The maximum atomic E-state index is 13.1. The Balaban J connectivity index is 2.16. The van der Waals surface area contributed by atoms with Crippen molar-refractivity contribution >= 4 is 0 Å². The van der Waals surface area contributed by atoms with Crippen LogP contribution in [0.5, 0.6) is 0 Å². The minimum Gasteiger partial charge on any atom is -0.237 e. The van der Waals surface area contributed by atoms with E-state index in [1.165, 1.54) is 10.9 Å². The normalized spacial score (nSPS) is 15.8. The lowest BCUT2D eigenvalue weighted by atomic mass is 10.1. The molecule has 1 aromatic heterocycles. The van der Waals surface area contributed by atoms with Gasteiger partial charge in [-0.2, -0.15) is 18.3 Å². The van der Waals surface area contributed by atoms with Crippen LogP contribution in [0.3, 0.4) is 0 Å². The highest BCUT2D eigenvalue weighted by Gasteiger charge is 2.36. The van der Waals surface area contributed by atoms with Crippen molar-refractivity contribution in [1.82, 2.24) is 9.78 Å². The van der Waals surface area contributed by atoms with Crippen LogP contribution in [0.4, 0.5) is 17.6 Å². The Morgan fingerprint density at radius 2 is 1.89 bits per heavy atom. The summed E-state index contributed by atoms with van der Waals surface area (Å²) in [4.78, 5) is 0. The molecule has 2 aromatic rings. The molecule has 0 amide bonds. The first-order valence-electron chi connectivity index (χ1n) is 5.88. The summed E-state index contributed by atoms with van der Waals surface area (Å²) in [5.41, 5.74) is -0.379. The maximum Gasteiger partial charge on any atom is 0.418 e. The Kier molecular flexibility index (Phi) is 2.62. The standard InChI is InChI=1S/C13H10F4N2/c14-9-3-4-12(10(7-9)13(15,16)17)19-11(5-6-18-19)8-1-2-8/h3-8H,1-2H2. The molecule has 0 aliphatic heterocycles. The van der Waals surface area contributed by atoms with Gasteiger partial charge in [0.05, 0.1) is 11.3 Å². The molecule has 3 rings (SSSR count). The lowest BCUT2D eigenvalue weighted by Gasteiger charge is -2.14. The summed E-state index contributed by atoms with van der Waals surface area (Å²) in [6.45, 7) is 0. The van der Waals surface area contributed by atoms with E-state index in [9.17, 15) is 17.6 Å². The van der Waals surface area contributed by atoms with Crippen LogP contribution in [0.25, 0.3) is 5.69 Å². The van der Waals surface area contributed by atoms with E-state index in [1.807, 2.05) is 0 Å². The molecule has 0 bridgehead atoms. The fourth-order valence-corrected chi connectivity index (χ4v) is 2.12. The predicted octanol–water partition coefficient (Wildman–Crippen LogP) is 3.91. The zero-order chi connectivity index (χ0) is 13.6. The van der Waals surface area contributed by atoms with Gasteiger partial charge in [-0.15, -0.1) is 0 Å². The summed E-state index contributed by atoms with van der Waals surface area (Å²) >= 11 is 0. The van der Waals surface area contributed by atoms with Crippen LogP contribution >= 0.6 is 0 Å². The zero-order valence-electron chi connectivity index (χ0n) is 9.78. The maximum absolute atomic E-state index is 13.1. The molecular weight excluding hydrogens is 260 g/mol. The van der Waals surface area contributed by atoms with E-state index < -0.39 is 17.6 Å². The molecule has 2 nitrogen and oxygen atoms in total. The summed E-state index contributed by atoms with van der Waals surface area (Å²) in [6, 6.07) is 4.36. The van der Waals surface area contributed by atoms with E-state index in [0.717, 1.165) is 30.7 Å². The predicted molar refractivity (Wildman–Crippen MR) is 60.5 cm³/mol. The molecule has 0 unspecified atom stereocenters. The minimum absolute atomic E-state index is 0.124. The van der Waals surface area contributed by atoms with Crippen molar-refractivity contribution in [3.63, 3.8) is 0 Å². The molecule has 1 aliphatic rings. The van der Waals surface area contributed by atoms with E-state index in [-0.39, 0.29) is 11.6 Å². The number of hydrogen-bond acceptors (Lipinski definition) is 1. The average molecular weight is 270 g/mol. The third kappa shape index (κ3) is 2.22. The van der Waals surface area contributed by atoms with E-state index in [2.05, 4.69) is 5.10 Å². The quantitative estimate of drug-likeness (QED) is 0.756. The Morgan fingerprint density at radius 3 is 2.53 bits per heavy atom. The van der Waals surface area contributed by atoms with Crippen molar-refractivity contribution in [1.29, 1.82) is 0 Å². The minimum atomic E-state index is -4.61. The molecule has 1 aliphatic carbocycles. The average Bonchev–Trinajstić information content (AvgIpc) is 3.06. The Morgan fingerprint density at radius 1 is 1.16 bits per heavy atom. The summed E-state index contributed by atoms with van der Waals surface area (Å²) in [6.07, 6.45) is -1.23. The second-order valence-electron chi connectivity index (χ2n) is 4.60. The van der Waals surface area contributed by atoms with E-state index >= 15 is 0 Å². The van der Waals surface area contributed by atoms with Crippen LogP contribution in [0.15, 0.2) is 30.5 Å². The van der Waals surface area contributed by atoms with Gasteiger partial charge >= 0.3 is 6.18 Å². The van der Waals surface area contributed by atoms with Gasteiger partial charge in [0.1, 0.15) is 5.82 Å². The first kappa shape index (κ1) is 12.2. The zero-order valence-corrected chi connectivity index (χ0v) is 9.78. The highest BCUT2D eigenvalue weighted by molar-refractivity contribution is 5.44. The number of aromatic nitrogens is 2. The second kappa shape index (κ2) is 4.08. The molecule has 19 heavy (non-hydrogen) atoms. The topological polar surface area (TPSA) is 17.8 Å². The first-order chi connectivity index (χ1) is 8.97. The SMILES string of the molecule is Fc1ccc(-n2nccc2C2CC2)c(C(F)(F)F)c1. The molecule has 1 fully saturated rings. The first-order valence-corrected chi connectivity index (χ1v) is 5.88. The van der Waals surface area contributed by atoms with Crippen LogP contribution in [0.2, 0.25) is 0 Å². The number of rotatable bonds is 2. The summed E-state index contributed by atoms with van der Waals surface area (Å²) in [5, 5.41) is 3.95. The number of halogens is 4. The van der Waals surface area contributed by atoms with Gasteiger partial charge in [-0.1, -0.05) is 0 Å². The van der Waals surface area contributed by atoms with Crippen LogP contribution in [0.1, 0.15) is 30.0 Å². The number of hydrogen-bond donors (Lipinski definition) is 0. The molecule has 1 aromatic carbocycles. The molecular formula is C13H10F4N2. The third-order valence-corrected chi connectivity index (χ3v) is 3.16. The summed E-state index contributed by atoms with van der Waals surface area (Å²) < 4.78 is 53.2. The highest BCUT2D eigenvalue weighted by Crippen LogP contribution is 2.42. The van der Waals surface area contributed by atoms with Gasteiger partial charge in [0.25, 0.3) is 0 Å². The second-order valence-corrected chi connectivity index (χ2v) is 4.60. The van der Waals surface area contributed by atoms with Gasteiger partial charge in [-0.05, 0) is 37.1 Å². The number of alkyl halides is 3. The Bertz CT molecular complexity index is 611. The van der Waals surface area contributed by atoms with Crippen LogP contribution in [-0.4, -0.2) is 9.78 Å². The highest BCUT2D eigenvalue weighted by atomic mass is 19.4. The van der Waals surface area contributed by atoms with E-state index in [4.69, 9.17) is 0 Å². The van der Waals surface area contributed by atoms with Gasteiger partial charge in [0.2, 0.25) is 0 Å². The molecule has 0 saturated heterocycles. The molecule has 0 N–H and O–H groups in total. The summed E-state index contributed by atoms with van der Waals surface area (Å²) in [7, 11) is 0. The fraction of sp³-hybridized carbons (Fsp3) is 0.308. The smallest absolute Gasteiger partial charge is 0.237 e. The third-order valence-electron chi connectivity index (χ3n) is 3.16. The van der Waals surface area contributed by atoms with Crippen molar-refractivity contribution in [2.75, 3.05) is 0 Å². The largest absolute Gasteiger partial charge is 0.418 e. The summed E-state index contributed by atoms with van der Waals surface area (Å²) in [5.74, 6) is -0.648. The van der Waals surface area contributed by atoms with Crippen LogP contribution in [-0.2, 0) is 6.18 Å². The van der Waals surface area contributed by atoms with Gasteiger partial charge in [0, 0.05) is 17.8 Å². The molecule has 6 heteroatoms. The molecule has 1 saturated carbocycles. The fourth-order valence-electron chi connectivity index (χ4n) is 2.12. The number of benzene rings is 1. The van der Waals surface area contributed by atoms with Crippen molar-refractivity contribution in [2.45, 2.75) is 24.9 Å². The lowest BCUT2D eigenvalue weighted by molar-refractivity contribution is -0.137. The van der Waals surface area contributed by atoms with E-state index in [1.54, 1.807) is 6.07 Å². The Labute approximate surface area is 106 Å². The molecule has 0 spiro atoms. The van der Waals surface area contributed by atoms with Gasteiger partial charge in [-0.25, -0.2) is 9.07 Å². The van der Waals surface area contributed by atoms with E-state index in [0.29, 0.717) is 6.07 Å². The Hall–Kier alpha value is -1.85. The van der Waals surface area contributed by atoms with Crippen molar-refractivity contribution in [3.05, 3.63) is 47.5 Å². The molecule has 100 valence electrons. The van der Waals surface area contributed by atoms with Crippen molar-refractivity contribution in [3.8, 4) is 5.69 Å². The molecule has 0 radical (unpaired) electrons. The van der Waals surface area contributed by atoms with Gasteiger partial charge in [-0.3, -0.25) is 0 Å². The molecule has 0 atom stereocenters. The van der Waals surface area contributed by atoms with Gasteiger partial charge < -0.3 is 0 Å².